The Balaban J connectivity index is 0.000000816. The molecule has 1 unspecified atom stereocenters. The third-order valence-electron chi connectivity index (χ3n) is 3.12. The molecule has 1 atom stereocenters. The molecule has 0 aliphatic carbocycles. The van der Waals surface area contributed by atoms with Gasteiger partial charge in [-0.1, -0.05) is 42.1 Å². The van der Waals surface area contributed by atoms with Crippen LogP contribution >= 0.6 is 28.3 Å². The van der Waals surface area contributed by atoms with Crippen molar-refractivity contribution in [2.45, 2.75) is 19.8 Å². The molecule has 0 spiro atoms. The van der Waals surface area contributed by atoms with Crippen molar-refractivity contribution in [1.29, 1.82) is 0 Å². The average Bonchev–Trinajstić information content (AvgIpc) is 3.02. The van der Waals surface area contributed by atoms with Gasteiger partial charge in [0.15, 0.2) is 0 Å². The molecular formula is C16H20IN2O3P. The van der Waals surface area contributed by atoms with Crippen molar-refractivity contribution >= 4 is 40.2 Å². The van der Waals surface area contributed by atoms with Crippen LogP contribution in [0.1, 0.15) is 30.9 Å². The van der Waals surface area contributed by atoms with Gasteiger partial charge >= 0.3 is 0 Å². The standard InChI is InChI=1S/C15H16N2O3.CH4IP/c1-10(2)13-6-12(11-4-5-20-9-11)7-15(17(18)19)14(13)8-16-3;1-3-2/h4-10H,1-3H3;3H,1H3. The third kappa shape index (κ3) is 5.39. The molecule has 2 aromatic rings. The van der Waals surface area contributed by atoms with E-state index in [-0.39, 0.29) is 16.5 Å². The maximum absolute atomic E-state index is 11.3. The topological polar surface area (TPSA) is 68.6 Å². The molecule has 124 valence electrons. The number of nitro benzene ring substituents is 1. The zero-order valence-corrected chi connectivity index (χ0v) is 16.7. The van der Waals surface area contributed by atoms with Crippen molar-refractivity contribution in [2.24, 2.45) is 4.99 Å². The Kier molecular flexibility index (Phi) is 8.41. The minimum atomic E-state index is -0.369. The van der Waals surface area contributed by atoms with Gasteiger partial charge in [0.2, 0.25) is 0 Å². The van der Waals surface area contributed by atoms with Crippen LogP contribution < -0.4 is 0 Å². The van der Waals surface area contributed by atoms with Gasteiger partial charge in [-0.2, -0.15) is 0 Å². The van der Waals surface area contributed by atoms with E-state index in [1.165, 1.54) is 0 Å². The highest BCUT2D eigenvalue weighted by molar-refractivity contribution is 14.2. The van der Waals surface area contributed by atoms with E-state index in [1.807, 2.05) is 19.9 Å². The summed E-state index contributed by atoms with van der Waals surface area (Å²) in [5, 5.41) is 11.3. The molecule has 0 radical (unpaired) electrons. The molecule has 0 amide bonds. The quantitative estimate of drug-likeness (QED) is 0.200. The summed E-state index contributed by atoms with van der Waals surface area (Å²) in [6, 6.07) is 5.31. The molecule has 7 heteroatoms. The van der Waals surface area contributed by atoms with Gasteiger partial charge in [0.1, 0.15) is 0 Å². The third-order valence-corrected chi connectivity index (χ3v) is 3.12. The maximum Gasteiger partial charge on any atom is 0.279 e. The Morgan fingerprint density at radius 2 is 2.04 bits per heavy atom. The van der Waals surface area contributed by atoms with Gasteiger partial charge < -0.3 is 4.42 Å². The minimum Gasteiger partial charge on any atom is -0.472 e. The average molecular weight is 446 g/mol. The molecule has 0 aliphatic rings. The lowest BCUT2D eigenvalue weighted by molar-refractivity contribution is -0.385. The number of rotatable bonds is 4. The first-order chi connectivity index (χ1) is 11.0. The Labute approximate surface area is 151 Å². The summed E-state index contributed by atoms with van der Waals surface area (Å²) < 4.78 is 5.05. The van der Waals surface area contributed by atoms with Crippen molar-refractivity contribution in [2.75, 3.05) is 13.7 Å². The SMILES string of the molecule is CN=Cc1c(C(C)C)cc(-c2ccoc2)cc1[N+](=O)[O-].CPI. The fourth-order valence-corrected chi connectivity index (χ4v) is 2.15. The largest absolute Gasteiger partial charge is 0.472 e. The van der Waals surface area contributed by atoms with Gasteiger partial charge in [0.25, 0.3) is 5.69 Å². The molecule has 0 N–H and O–H groups in total. The molecule has 5 nitrogen and oxygen atoms in total. The van der Waals surface area contributed by atoms with Crippen LogP contribution in [-0.4, -0.2) is 24.9 Å². The molecular weight excluding hydrogens is 426 g/mol. The van der Waals surface area contributed by atoms with E-state index in [0.29, 0.717) is 5.56 Å². The van der Waals surface area contributed by atoms with Crippen LogP contribution in [0.3, 0.4) is 0 Å². The molecule has 0 saturated carbocycles. The number of nitrogens with zero attached hydrogens (tertiary/aromatic N) is 2. The predicted molar refractivity (Wildman–Crippen MR) is 107 cm³/mol. The van der Waals surface area contributed by atoms with Gasteiger partial charge in [0.05, 0.1) is 23.0 Å². The number of halogens is 1. The number of benzene rings is 1. The van der Waals surface area contributed by atoms with E-state index in [9.17, 15) is 10.1 Å². The number of hydrogen-bond donors (Lipinski definition) is 0. The molecule has 1 aromatic carbocycles. The van der Waals surface area contributed by atoms with E-state index < -0.39 is 0 Å². The molecule has 1 aromatic heterocycles. The number of aliphatic imine (C=N–C) groups is 1. The first-order valence-electron chi connectivity index (χ1n) is 7.00. The molecule has 1 heterocycles. The van der Waals surface area contributed by atoms with E-state index in [0.717, 1.165) is 22.9 Å². The summed E-state index contributed by atoms with van der Waals surface area (Å²) in [7, 11) is 1.61. The monoisotopic (exact) mass is 446 g/mol. The smallest absolute Gasteiger partial charge is 0.279 e. The second kappa shape index (κ2) is 9.78. The highest BCUT2D eigenvalue weighted by Gasteiger charge is 2.20. The first kappa shape index (κ1) is 19.8. The summed E-state index contributed by atoms with van der Waals surface area (Å²) in [6.07, 6.45) is 5.73. The van der Waals surface area contributed by atoms with Crippen LogP contribution in [0.2, 0.25) is 0 Å². The number of furan rings is 1. The summed E-state index contributed by atoms with van der Waals surface area (Å²) in [4.78, 5) is 14.9. The van der Waals surface area contributed by atoms with E-state index in [4.69, 9.17) is 4.42 Å². The predicted octanol–water partition coefficient (Wildman–Crippen LogP) is 5.67. The van der Waals surface area contributed by atoms with E-state index >= 15 is 0 Å². The van der Waals surface area contributed by atoms with Crippen molar-refractivity contribution in [3.8, 4) is 11.1 Å². The van der Waals surface area contributed by atoms with Gasteiger partial charge in [-0.15, -0.1) is 0 Å². The summed E-state index contributed by atoms with van der Waals surface area (Å²) >= 11 is 2.32. The molecule has 0 fully saturated rings. The second-order valence-corrected chi connectivity index (χ2v) is 8.61. The van der Waals surface area contributed by atoms with Crippen LogP contribution in [0.5, 0.6) is 0 Å². The van der Waals surface area contributed by atoms with Gasteiger partial charge in [-0.05, 0) is 35.8 Å². The van der Waals surface area contributed by atoms with Crippen molar-refractivity contribution in [3.05, 3.63) is 52.0 Å². The van der Waals surface area contributed by atoms with Gasteiger partial charge in [0, 0.05) is 24.9 Å². The highest BCUT2D eigenvalue weighted by atomic mass is 127. The lowest BCUT2D eigenvalue weighted by Gasteiger charge is -2.12. The van der Waals surface area contributed by atoms with Crippen molar-refractivity contribution in [3.63, 3.8) is 0 Å². The van der Waals surface area contributed by atoms with Crippen LogP contribution in [0, 0.1) is 10.1 Å². The van der Waals surface area contributed by atoms with Crippen molar-refractivity contribution in [1.82, 2.24) is 0 Å². The fraction of sp³-hybridized carbons (Fsp3) is 0.312. The van der Waals surface area contributed by atoms with Gasteiger partial charge in [-0.25, -0.2) is 0 Å². The fourth-order valence-electron chi connectivity index (χ4n) is 2.15. The van der Waals surface area contributed by atoms with Crippen LogP contribution in [0.15, 0.2) is 40.1 Å². The Bertz CT molecular complexity index is 670. The molecule has 0 bridgehead atoms. The highest BCUT2D eigenvalue weighted by Crippen LogP contribution is 2.33. The van der Waals surface area contributed by atoms with E-state index in [2.05, 4.69) is 33.7 Å². The zero-order chi connectivity index (χ0) is 17.4. The van der Waals surface area contributed by atoms with Crippen LogP contribution in [-0.2, 0) is 0 Å². The Hall–Kier alpha value is -1.27. The van der Waals surface area contributed by atoms with Crippen LogP contribution in [0.25, 0.3) is 11.1 Å². The van der Waals surface area contributed by atoms with E-state index in [1.54, 1.807) is 37.9 Å². The van der Waals surface area contributed by atoms with Crippen LogP contribution in [0.4, 0.5) is 5.69 Å². The molecule has 23 heavy (non-hydrogen) atoms. The number of hydrogen-bond acceptors (Lipinski definition) is 4. The molecule has 0 aliphatic heterocycles. The number of nitro groups is 1. The van der Waals surface area contributed by atoms with Gasteiger partial charge in [-0.3, -0.25) is 15.1 Å². The lowest BCUT2D eigenvalue weighted by Crippen LogP contribution is -2.02. The summed E-state index contributed by atoms with van der Waals surface area (Å²) in [5.41, 5.74) is 3.15. The summed E-state index contributed by atoms with van der Waals surface area (Å²) in [6.45, 7) is 6.15. The maximum atomic E-state index is 11.3. The normalized spacial score (nSPS) is 11.2. The second-order valence-electron chi connectivity index (χ2n) is 5.00. The Morgan fingerprint density at radius 3 is 2.48 bits per heavy atom. The molecule has 2 rings (SSSR count). The summed E-state index contributed by atoms with van der Waals surface area (Å²) in [5.74, 6) is 0.161. The Morgan fingerprint density at radius 1 is 1.39 bits per heavy atom. The lowest BCUT2D eigenvalue weighted by atomic mass is 9.92. The zero-order valence-electron chi connectivity index (χ0n) is 13.5. The minimum absolute atomic E-state index is 0.0676. The van der Waals surface area contributed by atoms with Crippen molar-refractivity contribution < 1.29 is 9.34 Å². The first-order valence-corrected chi connectivity index (χ1v) is 11.6. The molecule has 0 saturated heterocycles.